The Labute approximate surface area is 113 Å². The van der Waals surface area contributed by atoms with E-state index < -0.39 is 17.8 Å². The molecular weight excluding hydrogens is 283 g/mol. The van der Waals surface area contributed by atoms with Gasteiger partial charge in [0.1, 0.15) is 0 Å². The van der Waals surface area contributed by atoms with Crippen LogP contribution in [-0.4, -0.2) is 10.1 Å². The van der Waals surface area contributed by atoms with Crippen LogP contribution in [0.4, 0.5) is 13.2 Å². The number of halogens is 4. The molecule has 8 heteroatoms. The van der Waals surface area contributed by atoms with E-state index >= 15 is 0 Å². The highest BCUT2D eigenvalue weighted by atomic mass is 35.5. The van der Waals surface area contributed by atoms with Crippen LogP contribution < -0.4 is 5.73 Å². The van der Waals surface area contributed by atoms with Crippen LogP contribution in [-0.2, 0) is 6.18 Å². The van der Waals surface area contributed by atoms with Crippen molar-refractivity contribution in [1.82, 2.24) is 10.1 Å². The number of hydrogen-bond acceptors (Lipinski definition) is 4. The largest absolute Gasteiger partial charge is 0.416 e. The third kappa shape index (κ3) is 3.45. The smallest absolute Gasteiger partial charge is 0.334 e. The molecule has 19 heavy (non-hydrogen) atoms. The number of rotatable bonds is 2. The predicted molar refractivity (Wildman–Crippen MR) is 64.6 cm³/mol. The van der Waals surface area contributed by atoms with Crippen LogP contribution in [0.1, 0.15) is 24.4 Å². The van der Waals surface area contributed by atoms with Gasteiger partial charge >= 0.3 is 6.18 Å². The minimum Gasteiger partial charge on any atom is -0.334 e. The molecular formula is C11H11ClF3N3O. The fourth-order valence-corrected chi connectivity index (χ4v) is 1.34. The maximum Gasteiger partial charge on any atom is 0.416 e. The highest BCUT2D eigenvalue weighted by molar-refractivity contribution is 5.85. The van der Waals surface area contributed by atoms with Crippen LogP contribution in [0.5, 0.6) is 0 Å². The Morgan fingerprint density at radius 1 is 1.21 bits per heavy atom. The normalized spacial score (nSPS) is 12.9. The van der Waals surface area contributed by atoms with E-state index in [1.165, 1.54) is 12.1 Å². The van der Waals surface area contributed by atoms with E-state index in [0.717, 1.165) is 12.1 Å². The van der Waals surface area contributed by atoms with Crippen molar-refractivity contribution in [2.24, 2.45) is 5.73 Å². The summed E-state index contributed by atoms with van der Waals surface area (Å²) in [6.45, 7) is 1.68. The van der Waals surface area contributed by atoms with E-state index in [2.05, 4.69) is 10.1 Å². The van der Waals surface area contributed by atoms with Gasteiger partial charge in [-0.3, -0.25) is 0 Å². The van der Waals surface area contributed by atoms with E-state index in [9.17, 15) is 13.2 Å². The zero-order chi connectivity index (χ0) is 13.3. The van der Waals surface area contributed by atoms with E-state index in [0.29, 0.717) is 11.4 Å². The second-order valence-corrected chi connectivity index (χ2v) is 3.82. The van der Waals surface area contributed by atoms with Crippen LogP contribution >= 0.6 is 12.4 Å². The molecule has 0 bridgehead atoms. The average molecular weight is 294 g/mol. The van der Waals surface area contributed by atoms with Gasteiger partial charge in [0.25, 0.3) is 5.89 Å². The fraction of sp³-hybridized carbons (Fsp3) is 0.273. The third-order valence-corrected chi connectivity index (χ3v) is 2.31. The Balaban J connectivity index is 0.00000180. The van der Waals surface area contributed by atoms with Crippen molar-refractivity contribution in [3.05, 3.63) is 35.7 Å². The molecule has 4 nitrogen and oxygen atoms in total. The lowest BCUT2D eigenvalue weighted by atomic mass is 10.1. The molecule has 1 heterocycles. The molecule has 0 saturated heterocycles. The molecule has 0 radical (unpaired) electrons. The molecule has 2 N–H and O–H groups in total. The van der Waals surface area contributed by atoms with Crippen LogP contribution in [0, 0.1) is 0 Å². The first-order valence-corrected chi connectivity index (χ1v) is 5.15. The van der Waals surface area contributed by atoms with Gasteiger partial charge in [0, 0.05) is 5.56 Å². The summed E-state index contributed by atoms with van der Waals surface area (Å²) in [4.78, 5) is 3.99. The van der Waals surface area contributed by atoms with E-state index in [1.807, 2.05) is 0 Å². The van der Waals surface area contributed by atoms with Crippen molar-refractivity contribution in [2.45, 2.75) is 19.1 Å². The molecule has 0 saturated carbocycles. The van der Waals surface area contributed by atoms with Crippen LogP contribution in [0.25, 0.3) is 11.5 Å². The summed E-state index contributed by atoms with van der Waals surface area (Å²) in [5.41, 5.74) is 5.25. The molecule has 1 aromatic carbocycles. The minimum atomic E-state index is -4.36. The van der Waals surface area contributed by atoms with Gasteiger partial charge < -0.3 is 10.3 Å². The molecule has 0 aliphatic carbocycles. The van der Waals surface area contributed by atoms with Crippen molar-refractivity contribution in [3.8, 4) is 11.5 Å². The molecule has 0 aliphatic rings. The summed E-state index contributed by atoms with van der Waals surface area (Å²) >= 11 is 0. The zero-order valence-corrected chi connectivity index (χ0v) is 10.6. The van der Waals surface area contributed by atoms with Crippen molar-refractivity contribution in [3.63, 3.8) is 0 Å². The summed E-state index contributed by atoms with van der Waals surface area (Å²) in [5, 5.41) is 3.63. The second-order valence-electron chi connectivity index (χ2n) is 3.82. The number of aromatic nitrogens is 2. The lowest BCUT2D eigenvalue weighted by molar-refractivity contribution is -0.137. The second kappa shape index (κ2) is 5.58. The standard InChI is InChI=1S/C11H10F3N3O.ClH/c1-6(15)9-16-10(18-17-9)7-2-4-8(5-3-7)11(12,13)14;/h2-6H,15H2,1H3;1H. The molecule has 0 aliphatic heterocycles. The fourth-order valence-electron chi connectivity index (χ4n) is 1.34. The van der Waals surface area contributed by atoms with Gasteiger partial charge in [-0.1, -0.05) is 5.16 Å². The van der Waals surface area contributed by atoms with Gasteiger partial charge in [0.2, 0.25) is 0 Å². The molecule has 1 unspecified atom stereocenters. The minimum absolute atomic E-state index is 0. The maximum absolute atomic E-state index is 12.4. The quantitative estimate of drug-likeness (QED) is 0.923. The Kier molecular flexibility index (Phi) is 4.54. The zero-order valence-electron chi connectivity index (χ0n) is 9.81. The number of hydrogen-bond donors (Lipinski definition) is 1. The molecule has 1 aromatic heterocycles. The van der Waals surface area contributed by atoms with Crippen molar-refractivity contribution >= 4 is 12.4 Å². The summed E-state index contributed by atoms with van der Waals surface area (Å²) in [7, 11) is 0. The van der Waals surface area contributed by atoms with Gasteiger partial charge in [-0.25, -0.2) is 0 Å². The molecule has 1 atom stereocenters. The van der Waals surface area contributed by atoms with Gasteiger partial charge in [-0.05, 0) is 31.2 Å². The van der Waals surface area contributed by atoms with Crippen LogP contribution in [0.3, 0.4) is 0 Å². The van der Waals surface area contributed by atoms with Gasteiger partial charge in [0.15, 0.2) is 5.82 Å². The maximum atomic E-state index is 12.4. The Morgan fingerprint density at radius 2 is 1.79 bits per heavy atom. The average Bonchev–Trinajstić information content (AvgIpc) is 2.77. The Bertz CT molecular complexity index is 537. The van der Waals surface area contributed by atoms with Crippen LogP contribution in [0.2, 0.25) is 0 Å². The summed E-state index contributed by atoms with van der Waals surface area (Å²) in [6.07, 6.45) is -4.36. The number of benzene rings is 1. The summed E-state index contributed by atoms with van der Waals surface area (Å²) in [5.74, 6) is 0.459. The van der Waals surface area contributed by atoms with E-state index in [4.69, 9.17) is 10.3 Å². The lowest BCUT2D eigenvalue weighted by Gasteiger charge is -2.05. The molecule has 0 amide bonds. The topological polar surface area (TPSA) is 64.9 Å². The molecule has 2 aromatic rings. The molecule has 2 rings (SSSR count). The van der Waals surface area contributed by atoms with Gasteiger partial charge in [-0.2, -0.15) is 18.2 Å². The van der Waals surface area contributed by atoms with Crippen molar-refractivity contribution in [1.29, 1.82) is 0 Å². The number of nitrogens with zero attached hydrogens (tertiary/aromatic N) is 2. The first-order valence-electron chi connectivity index (χ1n) is 5.15. The first kappa shape index (κ1) is 15.5. The summed E-state index contributed by atoms with van der Waals surface area (Å²) in [6, 6.07) is 4.09. The Hall–Kier alpha value is -1.60. The third-order valence-electron chi connectivity index (χ3n) is 2.31. The number of alkyl halides is 3. The van der Waals surface area contributed by atoms with Crippen LogP contribution in [0.15, 0.2) is 28.8 Å². The summed E-state index contributed by atoms with van der Waals surface area (Å²) < 4.78 is 42.0. The van der Waals surface area contributed by atoms with E-state index in [1.54, 1.807) is 6.92 Å². The van der Waals surface area contributed by atoms with Crippen molar-refractivity contribution in [2.75, 3.05) is 0 Å². The Morgan fingerprint density at radius 3 is 2.21 bits per heavy atom. The predicted octanol–water partition coefficient (Wildman–Crippen LogP) is 3.20. The molecule has 0 fully saturated rings. The highest BCUT2D eigenvalue weighted by Crippen LogP contribution is 2.30. The molecule has 104 valence electrons. The van der Waals surface area contributed by atoms with Crippen molar-refractivity contribution < 1.29 is 17.7 Å². The first-order chi connectivity index (χ1) is 8.38. The molecule has 0 spiro atoms. The lowest BCUT2D eigenvalue weighted by Crippen LogP contribution is -2.06. The SMILES string of the molecule is CC(N)c1noc(-c2ccc(C(F)(F)F)cc2)n1.Cl. The van der Waals surface area contributed by atoms with Gasteiger partial charge in [-0.15, -0.1) is 12.4 Å². The monoisotopic (exact) mass is 293 g/mol. The van der Waals surface area contributed by atoms with E-state index in [-0.39, 0.29) is 18.3 Å². The highest BCUT2D eigenvalue weighted by Gasteiger charge is 2.30. The number of nitrogens with two attached hydrogens (primary N) is 1. The van der Waals surface area contributed by atoms with Gasteiger partial charge in [0.05, 0.1) is 11.6 Å².